The molecule has 0 unspecified atom stereocenters. The van der Waals surface area contributed by atoms with Crippen molar-refractivity contribution in [1.29, 1.82) is 0 Å². The predicted molar refractivity (Wildman–Crippen MR) is 58.8 cm³/mol. The zero-order chi connectivity index (χ0) is 11.5. The molecular weight excluding hydrogens is 204 g/mol. The molecule has 0 fully saturated rings. The Morgan fingerprint density at radius 3 is 3.19 bits per heavy atom. The third-order valence-electron chi connectivity index (χ3n) is 2.23. The van der Waals surface area contributed by atoms with Crippen LogP contribution in [-0.4, -0.2) is 39.0 Å². The summed E-state index contributed by atoms with van der Waals surface area (Å²) in [5.74, 6) is 2.27. The first-order chi connectivity index (χ1) is 7.74. The third-order valence-corrected chi connectivity index (χ3v) is 2.23. The molecule has 0 aromatic carbocycles. The van der Waals surface area contributed by atoms with Gasteiger partial charge in [-0.2, -0.15) is 5.10 Å². The minimum atomic E-state index is -0.152. The van der Waals surface area contributed by atoms with Crippen LogP contribution < -0.4 is 0 Å². The molecule has 5 nitrogen and oxygen atoms in total. The molecule has 0 aliphatic carbocycles. The van der Waals surface area contributed by atoms with Crippen molar-refractivity contribution < 1.29 is 4.79 Å². The van der Waals surface area contributed by atoms with Crippen LogP contribution in [-0.2, 0) is 0 Å². The molecule has 5 heteroatoms. The fourth-order valence-electron chi connectivity index (χ4n) is 1.41. The molecule has 0 saturated carbocycles. The predicted octanol–water partition coefficient (Wildman–Crippen LogP) is 0.434. The molecule has 0 radical (unpaired) electrons. The number of amides is 1. The number of aromatic nitrogens is 3. The van der Waals surface area contributed by atoms with Crippen molar-refractivity contribution in [3.63, 3.8) is 0 Å². The number of hydrogen-bond donors (Lipinski definition) is 0. The molecule has 0 aliphatic rings. The number of carbonyl (C=O) groups excluding carboxylic acids is 1. The van der Waals surface area contributed by atoms with Gasteiger partial charge in [0.25, 0.3) is 5.91 Å². The summed E-state index contributed by atoms with van der Waals surface area (Å²) in [6.45, 7) is 0.274. The Labute approximate surface area is 92.7 Å². The number of carbonyl (C=O) groups is 1. The zero-order valence-electron chi connectivity index (χ0n) is 8.79. The Kier molecular flexibility index (Phi) is 2.56. The van der Waals surface area contributed by atoms with Crippen molar-refractivity contribution in [2.75, 3.05) is 13.6 Å². The first kappa shape index (κ1) is 10.2. The Morgan fingerprint density at radius 1 is 1.62 bits per heavy atom. The van der Waals surface area contributed by atoms with Crippen LogP contribution in [0.15, 0.2) is 24.8 Å². The molecule has 0 saturated heterocycles. The Bertz CT molecular complexity index is 567. The van der Waals surface area contributed by atoms with Gasteiger partial charge in [0.1, 0.15) is 0 Å². The average molecular weight is 214 g/mol. The lowest BCUT2D eigenvalue weighted by Crippen LogP contribution is -2.26. The molecule has 2 heterocycles. The number of nitrogens with zero attached hydrogens (tertiary/aromatic N) is 4. The van der Waals surface area contributed by atoms with E-state index in [-0.39, 0.29) is 12.5 Å². The molecule has 2 aromatic heterocycles. The van der Waals surface area contributed by atoms with Crippen LogP contribution in [0.2, 0.25) is 0 Å². The highest BCUT2D eigenvalue weighted by Gasteiger charge is 2.15. The number of fused-ring (bicyclic) bond motifs is 1. The van der Waals surface area contributed by atoms with Gasteiger partial charge >= 0.3 is 0 Å². The highest BCUT2D eigenvalue weighted by Crippen LogP contribution is 2.10. The fraction of sp³-hybridized carbons (Fsp3) is 0.182. The van der Waals surface area contributed by atoms with Crippen molar-refractivity contribution >= 4 is 11.4 Å². The van der Waals surface area contributed by atoms with Gasteiger partial charge in [-0.05, 0) is 0 Å². The lowest BCUT2D eigenvalue weighted by Gasteiger charge is -2.12. The molecule has 0 N–H and O–H groups in total. The van der Waals surface area contributed by atoms with Crippen LogP contribution >= 0.6 is 0 Å². The summed E-state index contributed by atoms with van der Waals surface area (Å²) in [7, 11) is 1.65. The normalized spacial score (nSPS) is 10.0. The molecule has 2 rings (SSSR count). The van der Waals surface area contributed by atoms with Gasteiger partial charge < -0.3 is 4.90 Å². The van der Waals surface area contributed by atoms with Crippen molar-refractivity contribution in [2.45, 2.75) is 0 Å². The summed E-state index contributed by atoms with van der Waals surface area (Å²) >= 11 is 0. The zero-order valence-corrected chi connectivity index (χ0v) is 8.79. The quantitative estimate of drug-likeness (QED) is 0.681. The summed E-state index contributed by atoms with van der Waals surface area (Å²) in [5, 5.41) is 4.06. The van der Waals surface area contributed by atoms with Crippen LogP contribution in [0.3, 0.4) is 0 Å². The Hall–Kier alpha value is -2.35. The van der Waals surface area contributed by atoms with Crippen LogP contribution in [0.5, 0.6) is 0 Å². The Morgan fingerprint density at radius 2 is 2.44 bits per heavy atom. The van der Waals surface area contributed by atoms with E-state index in [0.29, 0.717) is 11.1 Å². The lowest BCUT2D eigenvalue weighted by molar-refractivity contribution is 0.0814. The van der Waals surface area contributed by atoms with Crippen LogP contribution in [0, 0.1) is 12.3 Å². The van der Waals surface area contributed by atoms with Crippen molar-refractivity contribution in [3.05, 3.63) is 30.4 Å². The largest absolute Gasteiger partial charge is 0.330 e. The highest BCUT2D eigenvalue weighted by atomic mass is 16.2. The second-order valence-electron chi connectivity index (χ2n) is 3.33. The van der Waals surface area contributed by atoms with Crippen LogP contribution in [0.25, 0.3) is 5.52 Å². The topological polar surface area (TPSA) is 50.5 Å². The van der Waals surface area contributed by atoms with E-state index in [4.69, 9.17) is 6.42 Å². The van der Waals surface area contributed by atoms with E-state index in [9.17, 15) is 4.79 Å². The maximum absolute atomic E-state index is 12.0. The second-order valence-corrected chi connectivity index (χ2v) is 3.33. The average Bonchev–Trinajstić information content (AvgIpc) is 2.72. The molecule has 0 bridgehead atoms. The van der Waals surface area contributed by atoms with E-state index >= 15 is 0 Å². The van der Waals surface area contributed by atoms with Gasteiger partial charge in [0, 0.05) is 19.4 Å². The first-order valence-corrected chi connectivity index (χ1v) is 4.70. The fourth-order valence-corrected chi connectivity index (χ4v) is 1.41. The van der Waals surface area contributed by atoms with Gasteiger partial charge in [0.2, 0.25) is 0 Å². The maximum Gasteiger partial charge on any atom is 0.258 e. The van der Waals surface area contributed by atoms with E-state index in [1.54, 1.807) is 30.2 Å². The van der Waals surface area contributed by atoms with Gasteiger partial charge in [-0.25, -0.2) is 4.52 Å². The number of hydrogen-bond acceptors (Lipinski definition) is 3. The van der Waals surface area contributed by atoms with Crippen molar-refractivity contribution in [3.8, 4) is 12.3 Å². The second kappa shape index (κ2) is 4.03. The minimum absolute atomic E-state index is 0.152. The SMILES string of the molecule is C#CCN(C)C(=O)c1cnn2ccncc12. The van der Waals surface area contributed by atoms with Crippen molar-refractivity contribution in [2.24, 2.45) is 0 Å². The maximum atomic E-state index is 12.0. The molecule has 0 spiro atoms. The van der Waals surface area contributed by atoms with Gasteiger partial charge in [-0.15, -0.1) is 6.42 Å². The van der Waals surface area contributed by atoms with Gasteiger partial charge in [-0.1, -0.05) is 5.92 Å². The minimum Gasteiger partial charge on any atom is -0.330 e. The Balaban J connectivity index is 2.41. The van der Waals surface area contributed by atoms with E-state index in [0.717, 1.165) is 0 Å². The lowest BCUT2D eigenvalue weighted by atomic mass is 10.2. The standard InChI is InChI=1S/C11H10N4O/c1-3-5-14(2)11(16)9-7-13-15-6-4-12-8-10(9)15/h1,4,6-8H,5H2,2H3. The number of rotatable bonds is 2. The van der Waals surface area contributed by atoms with E-state index in [1.165, 1.54) is 11.1 Å². The van der Waals surface area contributed by atoms with E-state index in [2.05, 4.69) is 16.0 Å². The van der Waals surface area contributed by atoms with Gasteiger partial charge in [-0.3, -0.25) is 9.78 Å². The molecule has 0 aliphatic heterocycles. The summed E-state index contributed by atoms with van der Waals surface area (Å²) in [4.78, 5) is 17.4. The van der Waals surface area contributed by atoms with Gasteiger partial charge in [0.05, 0.1) is 30.0 Å². The first-order valence-electron chi connectivity index (χ1n) is 4.70. The van der Waals surface area contributed by atoms with E-state index in [1.807, 2.05) is 0 Å². The van der Waals surface area contributed by atoms with Gasteiger partial charge in [0.15, 0.2) is 0 Å². The molecule has 0 atom stereocenters. The summed E-state index contributed by atoms with van der Waals surface area (Å²) in [6.07, 6.45) is 11.6. The molecule has 2 aromatic rings. The number of terminal acetylenes is 1. The third kappa shape index (κ3) is 1.61. The molecule has 80 valence electrons. The highest BCUT2D eigenvalue weighted by molar-refractivity contribution is 6.00. The summed E-state index contributed by atoms with van der Waals surface area (Å²) in [6, 6.07) is 0. The monoisotopic (exact) mass is 214 g/mol. The van der Waals surface area contributed by atoms with E-state index < -0.39 is 0 Å². The summed E-state index contributed by atoms with van der Waals surface area (Å²) < 4.78 is 1.60. The smallest absolute Gasteiger partial charge is 0.258 e. The summed E-state index contributed by atoms with van der Waals surface area (Å²) in [5.41, 5.74) is 1.18. The van der Waals surface area contributed by atoms with Crippen LogP contribution in [0.1, 0.15) is 10.4 Å². The van der Waals surface area contributed by atoms with Crippen molar-refractivity contribution in [1.82, 2.24) is 19.5 Å². The molecule has 16 heavy (non-hydrogen) atoms. The molecular formula is C11H10N4O. The molecule has 1 amide bonds. The van der Waals surface area contributed by atoms with Crippen LogP contribution in [0.4, 0.5) is 0 Å².